The first kappa shape index (κ1) is 30.7. The van der Waals surface area contributed by atoms with Gasteiger partial charge in [0.05, 0.1) is 45.8 Å². The van der Waals surface area contributed by atoms with Crippen LogP contribution >= 0.6 is 0 Å². The van der Waals surface area contributed by atoms with E-state index in [1.807, 2.05) is 54.7 Å². The van der Waals surface area contributed by atoms with E-state index in [0.717, 1.165) is 83.0 Å². The minimum absolute atomic E-state index is 0.546. The van der Waals surface area contributed by atoms with Gasteiger partial charge in [0.25, 0.3) is 0 Å². The Bertz CT molecular complexity index is 3460. The fourth-order valence-electron chi connectivity index (χ4n) is 8.57. The molecule has 0 bridgehead atoms. The summed E-state index contributed by atoms with van der Waals surface area (Å²) in [5, 5.41) is 16.3. The lowest BCUT2D eigenvalue weighted by molar-refractivity contribution is 1.12. The molecule has 0 N–H and O–H groups in total. The third-order valence-corrected chi connectivity index (χ3v) is 10.9. The van der Waals surface area contributed by atoms with Crippen LogP contribution in [0.5, 0.6) is 0 Å². The normalized spacial score (nSPS) is 11.6. The second kappa shape index (κ2) is 11.8. The molecule has 6 heteroatoms. The Morgan fingerprint density at radius 3 is 1.93 bits per heavy atom. The lowest BCUT2D eigenvalue weighted by Crippen LogP contribution is -1.99. The van der Waals surface area contributed by atoms with Gasteiger partial charge in [-0.1, -0.05) is 78.9 Å². The molecule has 0 spiro atoms. The zero-order chi connectivity index (χ0) is 36.6. The molecule has 4 aromatic heterocycles. The van der Waals surface area contributed by atoms with Gasteiger partial charge in [-0.2, -0.15) is 5.26 Å². The van der Waals surface area contributed by atoms with Crippen molar-refractivity contribution < 1.29 is 0 Å². The quantitative estimate of drug-likeness (QED) is 0.172. The zero-order valence-corrected chi connectivity index (χ0v) is 29.3. The van der Waals surface area contributed by atoms with Crippen LogP contribution in [0.2, 0.25) is 0 Å². The fraction of sp³-hybridized carbons (Fsp3) is 0. The van der Waals surface area contributed by atoms with Crippen LogP contribution in [0.15, 0.2) is 170 Å². The van der Waals surface area contributed by atoms with Crippen LogP contribution in [-0.4, -0.2) is 18.7 Å². The van der Waals surface area contributed by atoms with Crippen LogP contribution in [-0.2, 0) is 0 Å². The molecule has 6 nitrogen and oxygen atoms in total. The monoisotopic (exact) mass is 700 g/mol. The highest BCUT2D eigenvalue weighted by molar-refractivity contribution is 6.23. The maximum Gasteiger partial charge on any atom is 0.189 e. The van der Waals surface area contributed by atoms with Gasteiger partial charge in [0.15, 0.2) is 5.69 Å². The maximum absolute atomic E-state index is 9.69. The van der Waals surface area contributed by atoms with E-state index in [-0.39, 0.29) is 0 Å². The summed E-state index contributed by atoms with van der Waals surface area (Å²) < 4.78 is 6.88. The number of aromatic nitrogens is 4. The van der Waals surface area contributed by atoms with Gasteiger partial charge in [-0.15, -0.1) is 0 Å². The van der Waals surface area contributed by atoms with Crippen molar-refractivity contribution in [3.05, 3.63) is 187 Å². The summed E-state index contributed by atoms with van der Waals surface area (Å²) in [5.41, 5.74) is 12.3. The summed E-state index contributed by atoms with van der Waals surface area (Å²) in [6.45, 7) is 8.12. The van der Waals surface area contributed by atoms with Crippen molar-refractivity contribution in [3.63, 3.8) is 0 Å². The molecule has 0 fully saturated rings. The molecular weight excluding hydrogens is 673 g/mol. The van der Waals surface area contributed by atoms with E-state index in [1.54, 1.807) is 0 Å². The number of hydrogen-bond acceptors (Lipinski definition) is 2. The standard InChI is InChI=1S/C49H28N6/c1-51-34-26-33(28-37(29-34)53-44-18-7-6-16-39(44)43-25-31(30-50)20-23-46(43)53)32-11-9-14-36(27-32)55-48-41(42-17-10-24-52-49(42)55)22-21-40-38-15-5-8-19-45(38)54(47(40)48)35-12-3-2-4-13-35/h2-29H. The van der Waals surface area contributed by atoms with Gasteiger partial charge >= 0.3 is 0 Å². The Kier molecular flexibility index (Phi) is 6.58. The van der Waals surface area contributed by atoms with E-state index in [4.69, 9.17) is 11.6 Å². The highest BCUT2D eigenvalue weighted by Gasteiger charge is 2.22. The molecule has 55 heavy (non-hydrogen) atoms. The summed E-state index contributed by atoms with van der Waals surface area (Å²) in [4.78, 5) is 8.93. The highest BCUT2D eigenvalue weighted by atomic mass is 15.1. The number of nitrogens with zero attached hydrogens (tertiary/aromatic N) is 6. The number of fused-ring (bicyclic) bond motifs is 10. The van der Waals surface area contributed by atoms with Gasteiger partial charge in [0, 0.05) is 55.6 Å². The Morgan fingerprint density at radius 1 is 0.473 bits per heavy atom. The third-order valence-electron chi connectivity index (χ3n) is 10.9. The molecule has 0 unspecified atom stereocenters. The third kappa shape index (κ3) is 4.50. The van der Waals surface area contributed by atoms with Crippen LogP contribution in [0, 0.1) is 17.9 Å². The number of hydrogen-bond donors (Lipinski definition) is 0. The van der Waals surface area contributed by atoms with E-state index in [0.29, 0.717) is 11.3 Å². The first-order valence-electron chi connectivity index (χ1n) is 18.1. The number of nitriles is 1. The molecule has 4 heterocycles. The van der Waals surface area contributed by atoms with Crippen molar-refractivity contribution in [1.29, 1.82) is 5.26 Å². The number of para-hydroxylation sites is 3. The molecule has 0 amide bonds. The first-order chi connectivity index (χ1) is 27.2. The van der Waals surface area contributed by atoms with Crippen molar-refractivity contribution in [3.8, 4) is 34.3 Å². The van der Waals surface area contributed by atoms with E-state index in [1.165, 1.54) is 10.8 Å². The predicted molar refractivity (Wildman–Crippen MR) is 224 cm³/mol. The molecular formula is C49H28N6. The molecule has 254 valence electrons. The molecule has 11 aromatic rings. The van der Waals surface area contributed by atoms with Crippen LogP contribution in [0.4, 0.5) is 5.69 Å². The summed E-state index contributed by atoms with van der Waals surface area (Å²) in [6, 6.07) is 58.8. The van der Waals surface area contributed by atoms with E-state index < -0.39 is 0 Å². The lowest BCUT2D eigenvalue weighted by Gasteiger charge is -2.14. The predicted octanol–water partition coefficient (Wildman–Crippen LogP) is 12.5. The first-order valence-corrected chi connectivity index (χ1v) is 18.1. The summed E-state index contributed by atoms with van der Waals surface area (Å²) in [6.07, 6.45) is 1.86. The molecule has 0 atom stereocenters. The van der Waals surface area contributed by atoms with Crippen LogP contribution in [0.3, 0.4) is 0 Å². The Balaban J connectivity index is 1.18. The highest BCUT2D eigenvalue weighted by Crippen LogP contribution is 2.42. The second-order valence-electron chi connectivity index (χ2n) is 13.9. The van der Waals surface area contributed by atoms with E-state index >= 15 is 0 Å². The largest absolute Gasteiger partial charge is 0.310 e. The minimum Gasteiger partial charge on any atom is -0.310 e. The van der Waals surface area contributed by atoms with Gasteiger partial charge in [-0.05, 0) is 96.1 Å². The van der Waals surface area contributed by atoms with Crippen LogP contribution in [0.25, 0.3) is 98.6 Å². The van der Waals surface area contributed by atoms with Crippen LogP contribution in [0.1, 0.15) is 5.56 Å². The molecule has 7 aromatic carbocycles. The number of benzene rings is 7. The molecule has 0 saturated heterocycles. The lowest BCUT2D eigenvalue weighted by atomic mass is 10.0. The van der Waals surface area contributed by atoms with Gasteiger partial charge in [0.2, 0.25) is 0 Å². The number of rotatable bonds is 4. The van der Waals surface area contributed by atoms with Crippen LogP contribution < -0.4 is 0 Å². The molecule has 0 saturated carbocycles. The molecule has 0 aliphatic carbocycles. The van der Waals surface area contributed by atoms with Gasteiger partial charge in [-0.3, -0.25) is 4.57 Å². The molecule has 0 radical (unpaired) electrons. The topological polar surface area (TPSA) is 55.8 Å². The summed E-state index contributed by atoms with van der Waals surface area (Å²) >= 11 is 0. The van der Waals surface area contributed by atoms with Gasteiger partial charge < -0.3 is 9.13 Å². The van der Waals surface area contributed by atoms with E-state index in [2.05, 4.69) is 140 Å². The average molecular weight is 701 g/mol. The number of pyridine rings is 1. The average Bonchev–Trinajstić information content (AvgIpc) is 3.89. The van der Waals surface area contributed by atoms with Crippen molar-refractivity contribution >= 4 is 71.2 Å². The van der Waals surface area contributed by atoms with Gasteiger partial charge in [-0.25, -0.2) is 9.83 Å². The SMILES string of the molecule is [C-]#[N+]c1cc(-c2cccc(-n3c4ncccc4c4ccc5c6ccccc6n(-c6ccccc6)c5c43)c2)cc(-n2c3ccccc3c3cc(C#N)ccc32)c1. The minimum atomic E-state index is 0.546. The van der Waals surface area contributed by atoms with Gasteiger partial charge in [0.1, 0.15) is 5.65 Å². The summed E-state index contributed by atoms with van der Waals surface area (Å²) in [5.74, 6) is 0. The maximum atomic E-state index is 9.69. The second-order valence-corrected chi connectivity index (χ2v) is 13.9. The molecule has 0 aliphatic heterocycles. The fourth-order valence-corrected chi connectivity index (χ4v) is 8.57. The zero-order valence-electron chi connectivity index (χ0n) is 29.3. The smallest absolute Gasteiger partial charge is 0.189 e. The van der Waals surface area contributed by atoms with Crippen molar-refractivity contribution in [2.24, 2.45) is 0 Å². The van der Waals surface area contributed by atoms with Crippen molar-refractivity contribution in [2.45, 2.75) is 0 Å². The molecule has 11 rings (SSSR count). The molecule has 0 aliphatic rings. The van der Waals surface area contributed by atoms with E-state index in [9.17, 15) is 5.26 Å². The van der Waals surface area contributed by atoms with Crippen molar-refractivity contribution in [1.82, 2.24) is 18.7 Å². The Hall–Kier alpha value is -7.93. The van der Waals surface area contributed by atoms with Crippen molar-refractivity contribution in [2.75, 3.05) is 0 Å². The Morgan fingerprint density at radius 2 is 1.13 bits per heavy atom. The Labute approximate surface area is 315 Å². The summed E-state index contributed by atoms with van der Waals surface area (Å²) in [7, 11) is 0.